The molecule has 0 aliphatic carbocycles. The summed E-state index contributed by atoms with van der Waals surface area (Å²) in [6.45, 7) is 3.88. The van der Waals surface area contributed by atoms with Crippen LogP contribution in [0.3, 0.4) is 0 Å². The second-order valence-corrected chi connectivity index (χ2v) is 5.74. The van der Waals surface area contributed by atoms with Crippen molar-refractivity contribution in [2.45, 2.75) is 19.9 Å². The number of rotatable bonds is 3. The molecule has 0 fully saturated rings. The smallest absolute Gasteiger partial charge is 0.252 e. The number of aryl methyl sites for hydroxylation is 1. The molecular formula is C16H17BrN2O. The highest BCUT2D eigenvalue weighted by Gasteiger charge is 2.13. The van der Waals surface area contributed by atoms with Crippen LogP contribution < -0.4 is 11.1 Å². The van der Waals surface area contributed by atoms with E-state index >= 15 is 0 Å². The molecule has 4 heteroatoms. The van der Waals surface area contributed by atoms with Gasteiger partial charge >= 0.3 is 0 Å². The van der Waals surface area contributed by atoms with Crippen molar-refractivity contribution in [3.05, 3.63) is 63.6 Å². The minimum Gasteiger partial charge on any atom is -0.399 e. The first-order chi connectivity index (χ1) is 9.47. The average molecular weight is 333 g/mol. The molecule has 0 radical (unpaired) electrons. The number of nitrogens with two attached hydrogens (primary N) is 1. The van der Waals surface area contributed by atoms with Crippen LogP contribution in [0.15, 0.2) is 46.9 Å². The van der Waals surface area contributed by atoms with Gasteiger partial charge in [0.2, 0.25) is 0 Å². The van der Waals surface area contributed by atoms with Crippen LogP contribution in [0.2, 0.25) is 0 Å². The summed E-state index contributed by atoms with van der Waals surface area (Å²) in [6.07, 6.45) is 0. The van der Waals surface area contributed by atoms with Crippen LogP contribution in [0.5, 0.6) is 0 Å². The Morgan fingerprint density at radius 3 is 2.45 bits per heavy atom. The fourth-order valence-corrected chi connectivity index (χ4v) is 2.50. The SMILES string of the molecule is Cc1cc(Br)ccc1C(=O)NC(C)c1ccc(N)cc1. The highest BCUT2D eigenvalue weighted by molar-refractivity contribution is 9.10. The van der Waals surface area contributed by atoms with Crippen molar-refractivity contribution < 1.29 is 4.79 Å². The van der Waals surface area contributed by atoms with Gasteiger partial charge in [0, 0.05) is 15.7 Å². The van der Waals surface area contributed by atoms with Crippen molar-refractivity contribution in [3.63, 3.8) is 0 Å². The number of nitrogens with one attached hydrogen (secondary N) is 1. The first-order valence-corrected chi connectivity index (χ1v) is 7.19. The molecule has 2 rings (SSSR count). The number of halogens is 1. The molecule has 0 heterocycles. The van der Waals surface area contributed by atoms with E-state index in [-0.39, 0.29) is 11.9 Å². The van der Waals surface area contributed by atoms with E-state index in [1.807, 2.05) is 56.3 Å². The number of anilines is 1. The van der Waals surface area contributed by atoms with Gasteiger partial charge in [-0.3, -0.25) is 4.79 Å². The number of benzene rings is 2. The van der Waals surface area contributed by atoms with E-state index in [4.69, 9.17) is 5.73 Å². The first-order valence-electron chi connectivity index (χ1n) is 6.40. The Morgan fingerprint density at radius 2 is 1.85 bits per heavy atom. The van der Waals surface area contributed by atoms with Gasteiger partial charge in [-0.2, -0.15) is 0 Å². The lowest BCUT2D eigenvalue weighted by molar-refractivity contribution is 0.0939. The van der Waals surface area contributed by atoms with E-state index in [9.17, 15) is 4.79 Å². The van der Waals surface area contributed by atoms with Gasteiger partial charge in [0.05, 0.1) is 6.04 Å². The van der Waals surface area contributed by atoms with E-state index in [2.05, 4.69) is 21.2 Å². The predicted molar refractivity (Wildman–Crippen MR) is 85.6 cm³/mol. The molecule has 0 aliphatic heterocycles. The van der Waals surface area contributed by atoms with E-state index in [0.29, 0.717) is 5.56 Å². The van der Waals surface area contributed by atoms with Gasteiger partial charge in [-0.15, -0.1) is 0 Å². The van der Waals surface area contributed by atoms with Crippen molar-refractivity contribution in [1.82, 2.24) is 5.32 Å². The Labute approximate surface area is 127 Å². The Kier molecular flexibility index (Phi) is 4.45. The molecule has 0 saturated heterocycles. The van der Waals surface area contributed by atoms with Crippen molar-refractivity contribution in [3.8, 4) is 0 Å². The molecule has 0 aliphatic rings. The summed E-state index contributed by atoms with van der Waals surface area (Å²) in [5.41, 5.74) is 9.05. The molecule has 1 unspecified atom stereocenters. The monoisotopic (exact) mass is 332 g/mol. The summed E-state index contributed by atoms with van der Waals surface area (Å²) in [5.74, 6) is -0.0701. The topological polar surface area (TPSA) is 55.1 Å². The van der Waals surface area contributed by atoms with Crippen LogP contribution in [0.4, 0.5) is 5.69 Å². The molecular weight excluding hydrogens is 316 g/mol. The largest absolute Gasteiger partial charge is 0.399 e. The first kappa shape index (κ1) is 14.6. The van der Waals surface area contributed by atoms with Crippen LogP contribution in [0.25, 0.3) is 0 Å². The molecule has 0 aromatic heterocycles. The number of amides is 1. The second-order valence-electron chi connectivity index (χ2n) is 4.82. The molecule has 3 nitrogen and oxygen atoms in total. The highest BCUT2D eigenvalue weighted by atomic mass is 79.9. The fourth-order valence-electron chi connectivity index (χ4n) is 2.02. The third kappa shape index (κ3) is 3.39. The summed E-state index contributed by atoms with van der Waals surface area (Å²) >= 11 is 3.40. The van der Waals surface area contributed by atoms with Gasteiger partial charge in [0.25, 0.3) is 5.91 Å². The third-order valence-electron chi connectivity index (χ3n) is 3.22. The van der Waals surface area contributed by atoms with E-state index in [0.717, 1.165) is 21.3 Å². The van der Waals surface area contributed by atoms with Gasteiger partial charge in [-0.25, -0.2) is 0 Å². The van der Waals surface area contributed by atoms with E-state index < -0.39 is 0 Å². The summed E-state index contributed by atoms with van der Waals surface area (Å²) in [7, 11) is 0. The van der Waals surface area contributed by atoms with Gasteiger partial charge in [0.1, 0.15) is 0 Å². The van der Waals surface area contributed by atoms with Crippen LogP contribution in [0.1, 0.15) is 34.5 Å². The normalized spacial score (nSPS) is 11.9. The van der Waals surface area contributed by atoms with Crippen LogP contribution in [-0.2, 0) is 0 Å². The zero-order valence-corrected chi connectivity index (χ0v) is 13.1. The molecule has 0 spiro atoms. The Bertz CT molecular complexity index is 623. The van der Waals surface area contributed by atoms with Crippen LogP contribution >= 0.6 is 15.9 Å². The molecule has 20 heavy (non-hydrogen) atoms. The summed E-state index contributed by atoms with van der Waals surface area (Å²) < 4.78 is 0.970. The van der Waals surface area contributed by atoms with Gasteiger partial charge < -0.3 is 11.1 Å². The zero-order valence-electron chi connectivity index (χ0n) is 11.5. The summed E-state index contributed by atoms with van der Waals surface area (Å²) in [4.78, 5) is 12.3. The van der Waals surface area contributed by atoms with Crippen LogP contribution in [0, 0.1) is 6.92 Å². The predicted octanol–water partition coefficient (Wildman–Crippen LogP) is 3.83. The number of carbonyl (C=O) groups is 1. The molecule has 0 saturated carbocycles. The molecule has 1 amide bonds. The van der Waals surface area contributed by atoms with Gasteiger partial charge in [0.15, 0.2) is 0 Å². The van der Waals surface area contributed by atoms with Gasteiger partial charge in [-0.1, -0.05) is 28.1 Å². The maximum Gasteiger partial charge on any atom is 0.252 e. The number of carbonyl (C=O) groups excluding carboxylic acids is 1. The maximum atomic E-state index is 12.3. The minimum absolute atomic E-state index is 0.0638. The Balaban J connectivity index is 2.13. The molecule has 1 atom stereocenters. The number of hydrogen-bond donors (Lipinski definition) is 2. The lowest BCUT2D eigenvalue weighted by Crippen LogP contribution is -2.27. The number of nitrogen functional groups attached to an aromatic ring is 1. The summed E-state index contributed by atoms with van der Waals surface area (Å²) in [6, 6.07) is 13.1. The highest BCUT2D eigenvalue weighted by Crippen LogP contribution is 2.18. The second kappa shape index (κ2) is 6.09. The molecule has 104 valence electrons. The average Bonchev–Trinajstić information content (AvgIpc) is 2.39. The lowest BCUT2D eigenvalue weighted by atomic mass is 10.1. The molecule has 2 aromatic rings. The standard InChI is InChI=1S/C16H17BrN2O/c1-10-9-13(17)5-8-15(10)16(20)19-11(2)12-3-6-14(18)7-4-12/h3-9,11H,18H2,1-2H3,(H,19,20). The van der Waals surface area contributed by atoms with Crippen molar-refractivity contribution in [2.24, 2.45) is 0 Å². The van der Waals surface area contributed by atoms with Crippen molar-refractivity contribution in [1.29, 1.82) is 0 Å². The minimum atomic E-state index is -0.0701. The Morgan fingerprint density at radius 1 is 1.20 bits per heavy atom. The summed E-state index contributed by atoms with van der Waals surface area (Å²) in [5, 5.41) is 3.00. The third-order valence-corrected chi connectivity index (χ3v) is 3.71. The van der Waals surface area contributed by atoms with Gasteiger partial charge in [-0.05, 0) is 55.3 Å². The van der Waals surface area contributed by atoms with E-state index in [1.54, 1.807) is 0 Å². The fraction of sp³-hybridized carbons (Fsp3) is 0.188. The zero-order chi connectivity index (χ0) is 14.7. The molecule has 2 aromatic carbocycles. The van der Waals surface area contributed by atoms with Crippen LogP contribution in [-0.4, -0.2) is 5.91 Å². The van der Waals surface area contributed by atoms with Crippen molar-refractivity contribution in [2.75, 3.05) is 5.73 Å². The van der Waals surface area contributed by atoms with Crippen molar-refractivity contribution >= 4 is 27.5 Å². The lowest BCUT2D eigenvalue weighted by Gasteiger charge is -2.15. The van der Waals surface area contributed by atoms with E-state index in [1.165, 1.54) is 0 Å². The molecule has 0 bridgehead atoms. The quantitative estimate of drug-likeness (QED) is 0.839. The number of hydrogen-bond acceptors (Lipinski definition) is 2. The molecule has 3 N–H and O–H groups in total. The maximum absolute atomic E-state index is 12.3. The Hall–Kier alpha value is -1.81.